The van der Waals surface area contributed by atoms with Gasteiger partial charge in [-0.05, 0) is 66.7 Å². The van der Waals surface area contributed by atoms with Gasteiger partial charge in [0, 0.05) is 24.5 Å². The van der Waals surface area contributed by atoms with Crippen LogP contribution in [0.3, 0.4) is 0 Å². The van der Waals surface area contributed by atoms with Gasteiger partial charge in [0.25, 0.3) is 0 Å². The highest BCUT2D eigenvalue weighted by molar-refractivity contribution is 6.02. The maximum atomic E-state index is 14.1. The molecule has 4 amide bonds. The normalized spacial score (nSPS) is 10.3. The van der Waals surface area contributed by atoms with Crippen molar-refractivity contribution in [1.82, 2.24) is 5.32 Å². The number of hydrogen-bond donors (Lipinski definition) is 3. The van der Waals surface area contributed by atoms with E-state index in [1.54, 1.807) is 36.4 Å². The second-order valence-electron chi connectivity index (χ2n) is 7.86. The van der Waals surface area contributed by atoms with Crippen molar-refractivity contribution in [3.63, 3.8) is 0 Å². The van der Waals surface area contributed by atoms with Gasteiger partial charge >= 0.3 is 12.1 Å². The molecule has 0 fully saturated rings. The molecule has 0 saturated heterocycles. The van der Waals surface area contributed by atoms with Crippen LogP contribution >= 0.6 is 0 Å². The lowest BCUT2D eigenvalue weighted by atomic mass is 10.2. The van der Waals surface area contributed by atoms with Crippen LogP contribution in [-0.2, 0) is 0 Å². The molecule has 0 radical (unpaired) electrons. The minimum atomic E-state index is -0.589. The molecule has 0 heterocycles. The molecule has 4 aromatic carbocycles. The summed E-state index contributed by atoms with van der Waals surface area (Å²) in [7, 11) is 0. The first kappa shape index (κ1) is 25.2. The van der Waals surface area contributed by atoms with Crippen LogP contribution in [0.25, 0.3) is 0 Å². The Labute approximate surface area is 212 Å². The first-order valence-electron chi connectivity index (χ1n) is 11.4. The topological polar surface area (TPSA) is 82.7 Å². The van der Waals surface area contributed by atoms with Gasteiger partial charge in [0.05, 0.1) is 5.69 Å². The molecule has 188 valence electrons. The number of anilines is 3. The summed E-state index contributed by atoms with van der Waals surface area (Å²) < 4.78 is 33.3. The third-order valence-electron chi connectivity index (χ3n) is 5.19. The Morgan fingerprint density at radius 3 is 2.19 bits per heavy atom. The molecule has 0 saturated carbocycles. The van der Waals surface area contributed by atoms with Crippen molar-refractivity contribution in [2.24, 2.45) is 0 Å². The van der Waals surface area contributed by atoms with Crippen molar-refractivity contribution in [2.75, 3.05) is 28.6 Å². The van der Waals surface area contributed by atoms with E-state index < -0.39 is 23.7 Å². The molecule has 0 aliphatic heterocycles. The van der Waals surface area contributed by atoms with Crippen LogP contribution in [-0.4, -0.2) is 25.2 Å². The minimum Gasteiger partial charge on any atom is -0.457 e. The highest BCUT2D eigenvalue weighted by Gasteiger charge is 2.18. The van der Waals surface area contributed by atoms with Crippen LogP contribution < -0.4 is 25.6 Å². The van der Waals surface area contributed by atoms with E-state index in [1.807, 2.05) is 30.3 Å². The van der Waals surface area contributed by atoms with E-state index in [0.717, 1.165) is 0 Å². The van der Waals surface area contributed by atoms with E-state index in [-0.39, 0.29) is 18.8 Å². The summed E-state index contributed by atoms with van der Waals surface area (Å²) in [4.78, 5) is 26.7. The fourth-order valence-corrected chi connectivity index (χ4v) is 3.43. The summed E-state index contributed by atoms with van der Waals surface area (Å²) in [6.07, 6.45) is 0. The van der Waals surface area contributed by atoms with Gasteiger partial charge in [-0.3, -0.25) is 4.90 Å². The second-order valence-corrected chi connectivity index (χ2v) is 7.86. The largest absolute Gasteiger partial charge is 0.457 e. The molecule has 0 aliphatic carbocycles. The van der Waals surface area contributed by atoms with Gasteiger partial charge in [-0.15, -0.1) is 0 Å². The number of urea groups is 2. The van der Waals surface area contributed by atoms with Crippen molar-refractivity contribution < 1.29 is 23.1 Å². The molecule has 0 aromatic heterocycles. The minimum absolute atomic E-state index is 0.0262. The van der Waals surface area contributed by atoms with Crippen LogP contribution in [0.15, 0.2) is 103 Å². The third kappa shape index (κ3) is 7.28. The third-order valence-corrected chi connectivity index (χ3v) is 5.19. The molecule has 0 bridgehead atoms. The number of benzene rings is 4. The lowest BCUT2D eigenvalue weighted by molar-refractivity contribution is 0.250. The predicted octanol–water partition coefficient (Wildman–Crippen LogP) is 6.62. The van der Waals surface area contributed by atoms with Gasteiger partial charge in [0.15, 0.2) is 0 Å². The monoisotopic (exact) mass is 502 g/mol. The molecule has 0 atom stereocenters. The Bertz CT molecular complexity index is 1350. The maximum Gasteiger partial charge on any atom is 0.326 e. The van der Waals surface area contributed by atoms with Crippen LogP contribution in [0.4, 0.5) is 35.4 Å². The van der Waals surface area contributed by atoms with Gasteiger partial charge in [-0.1, -0.05) is 36.4 Å². The van der Waals surface area contributed by atoms with Crippen LogP contribution in [0.2, 0.25) is 0 Å². The zero-order chi connectivity index (χ0) is 26.0. The van der Waals surface area contributed by atoms with Crippen molar-refractivity contribution in [2.45, 2.75) is 0 Å². The van der Waals surface area contributed by atoms with Gasteiger partial charge in [-0.2, -0.15) is 0 Å². The number of rotatable bonds is 8. The van der Waals surface area contributed by atoms with E-state index >= 15 is 0 Å². The number of hydrogen-bond acceptors (Lipinski definition) is 3. The zero-order valence-electron chi connectivity index (χ0n) is 19.7. The van der Waals surface area contributed by atoms with E-state index in [2.05, 4.69) is 16.0 Å². The molecule has 7 nitrogen and oxygen atoms in total. The van der Waals surface area contributed by atoms with Crippen molar-refractivity contribution in [3.8, 4) is 11.5 Å². The molecular formula is C28H24F2N4O3. The summed E-state index contributed by atoms with van der Waals surface area (Å²) >= 11 is 0. The summed E-state index contributed by atoms with van der Waals surface area (Å²) in [6.45, 7) is 0.129. The Morgan fingerprint density at radius 2 is 1.46 bits per heavy atom. The number of amides is 4. The van der Waals surface area contributed by atoms with E-state index in [4.69, 9.17) is 4.74 Å². The molecule has 37 heavy (non-hydrogen) atoms. The second kappa shape index (κ2) is 12.2. The Hall–Kier alpha value is -4.92. The van der Waals surface area contributed by atoms with Crippen LogP contribution in [0.1, 0.15) is 0 Å². The van der Waals surface area contributed by atoms with Crippen molar-refractivity contribution in [1.29, 1.82) is 0 Å². The van der Waals surface area contributed by atoms with Gasteiger partial charge in [0.1, 0.15) is 23.1 Å². The number of para-hydroxylation sites is 2. The smallest absolute Gasteiger partial charge is 0.326 e. The van der Waals surface area contributed by atoms with E-state index in [1.165, 1.54) is 41.3 Å². The van der Waals surface area contributed by atoms with Crippen LogP contribution in [0, 0.1) is 11.6 Å². The lowest BCUT2D eigenvalue weighted by Crippen LogP contribution is -2.42. The zero-order valence-corrected chi connectivity index (χ0v) is 19.7. The number of ether oxygens (including phenoxy) is 1. The van der Waals surface area contributed by atoms with Crippen molar-refractivity contribution >= 4 is 29.1 Å². The van der Waals surface area contributed by atoms with E-state index in [0.29, 0.717) is 22.9 Å². The SMILES string of the molecule is O=C(NCCN(C(=O)Nc1ccccc1F)c1ccc(Oc2ccccc2)cc1)Nc1cccc(F)c1. The number of nitrogens with one attached hydrogen (secondary N) is 3. The van der Waals surface area contributed by atoms with E-state index in [9.17, 15) is 18.4 Å². The Morgan fingerprint density at radius 1 is 0.757 bits per heavy atom. The predicted molar refractivity (Wildman–Crippen MR) is 139 cm³/mol. The standard InChI is InChI=1S/C28H24F2N4O3/c29-20-7-6-8-21(19-20)32-27(35)31-17-18-34(28(36)33-26-12-5-4-11-25(26)30)22-13-15-24(16-14-22)37-23-9-2-1-3-10-23/h1-16,19H,17-18H2,(H,33,36)(H2,31,32,35). The number of carbonyl (C=O) groups excluding carboxylic acids is 2. The first-order valence-corrected chi connectivity index (χ1v) is 11.4. The summed E-state index contributed by atoms with van der Waals surface area (Å²) in [5.41, 5.74) is 0.820. The molecule has 9 heteroatoms. The molecule has 0 aliphatic rings. The number of carbonyl (C=O) groups is 2. The molecule has 4 aromatic rings. The molecule has 0 unspecified atom stereocenters. The lowest BCUT2D eigenvalue weighted by Gasteiger charge is -2.24. The van der Waals surface area contributed by atoms with Crippen LogP contribution in [0.5, 0.6) is 11.5 Å². The number of nitrogens with zero attached hydrogens (tertiary/aromatic N) is 1. The molecular weight excluding hydrogens is 478 g/mol. The number of halogens is 2. The fourth-order valence-electron chi connectivity index (χ4n) is 3.43. The van der Waals surface area contributed by atoms with Gasteiger partial charge in [-0.25, -0.2) is 18.4 Å². The maximum absolute atomic E-state index is 14.1. The molecule has 4 rings (SSSR count). The Kier molecular flexibility index (Phi) is 8.28. The quantitative estimate of drug-likeness (QED) is 0.253. The fraction of sp³-hybridized carbons (Fsp3) is 0.0714. The highest BCUT2D eigenvalue weighted by Crippen LogP contribution is 2.25. The Balaban J connectivity index is 1.44. The van der Waals surface area contributed by atoms with Gasteiger partial charge < -0.3 is 20.7 Å². The average Bonchev–Trinajstić information content (AvgIpc) is 2.89. The average molecular weight is 503 g/mol. The highest BCUT2D eigenvalue weighted by atomic mass is 19.1. The van der Waals surface area contributed by atoms with Crippen molar-refractivity contribution in [3.05, 3.63) is 115 Å². The van der Waals surface area contributed by atoms with Gasteiger partial charge in [0.2, 0.25) is 0 Å². The molecule has 3 N–H and O–H groups in total. The molecule has 0 spiro atoms. The summed E-state index contributed by atoms with van der Waals surface area (Å²) in [5, 5.41) is 7.72. The first-order chi connectivity index (χ1) is 18.0. The summed E-state index contributed by atoms with van der Waals surface area (Å²) in [5.74, 6) is 0.179. The summed E-state index contributed by atoms with van der Waals surface area (Å²) in [6, 6.07) is 26.2.